The van der Waals surface area contributed by atoms with E-state index < -0.39 is 5.97 Å². The number of hydrogen-bond acceptors (Lipinski definition) is 5. The highest BCUT2D eigenvalue weighted by Gasteiger charge is 2.21. The number of ether oxygens (including phenoxy) is 3. The van der Waals surface area contributed by atoms with Gasteiger partial charge in [-0.25, -0.2) is 4.79 Å². The third kappa shape index (κ3) is 2.91. The topological polar surface area (TPSA) is 57.7 Å². The van der Waals surface area contributed by atoms with E-state index in [1.807, 2.05) is 0 Å². The Hall–Kier alpha value is -1.33. The molecule has 2 heterocycles. The number of methoxy groups -OCH3 is 1. The van der Waals surface area contributed by atoms with Crippen LogP contribution in [0, 0.1) is 0 Å². The predicted octanol–water partition coefficient (Wildman–Crippen LogP) is 2.08. The van der Waals surface area contributed by atoms with Crippen molar-refractivity contribution in [3.63, 3.8) is 0 Å². The molecule has 5 nitrogen and oxygen atoms in total. The maximum absolute atomic E-state index is 11.6. The van der Waals surface area contributed by atoms with Crippen LogP contribution in [0.4, 0.5) is 0 Å². The lowest BCUT2D eigenvalue weighted by Crippen LogP contribution is -2.18. The van der Waals surface area contributed by atoms with E-state index in [0.717, 1.165) is 19.4 Å². The summed E-state index contributed by atoms with van der Waals surface area (Å²) in [7, 11) is 1.29. The number of pyridine rings is 1. The molecule has 1 aliphatic heterocycles. The van der Waals surface area contributed by atoms with Crippen LogP contribution in [-0.2, 0) is 9.47 Å². The zero-order valence-electron chi connectivity index (χ0n) is 10.0. The fourth-order valence-corrected chi connectivity index (χ4v) is 2.01. The summed E-state index contributed by atoms with van der Waals surface area (Å²) in [5.41, 5.74) is 0.201. The van der Waals surface area contributed by atoms with Crippen LogP contribution < -0.4 is 4.74 Å². The number of carbonyl (C=O) groups is 1. The summed E-state index contributed by atoms with van der Waals surface area (Å²) >= 11 is 5.92. The fraction of sp³-hybridized carbons (Fsp3) is 0.500. The smallest absolute Gasteiger partial charge is 0.343 e. The number of rotatable bonds is 4. The quantitative estimate of drug-likeness (QED) is 0.785. The molecule has 0 amide bonds. The van der Waals surface area contributed by atoms with Gasteiger partial charge in [0.2, 0.25) is 0 Å². The van der Waals surface area contributed by atoms with Crippen LogP contribution in [0.2, 0.25) is 5.02 Å². The summed E-state index contributed by atoms with van der Waals surface area (Å²) in [6.45, 7) is 1.14. The number of carbonyl (C=O) groups excluding carboxylic acids is 1. The molecule has 6 heteroatoms. The van der Waals surface area contributed by atoms with Crippen LogP contribution in [0.15, 0.2) is 12.4 Å². The van der Waals surface area contributed by atoms with Crippen molar-refractivity contribution in [2.45, 2.75) is 18.9 Å². The highest BCUT2D eigenvalue weighted by Crippen LogP contribution is 2.26. The molecule has 18 heavy (non-hydrogen) atoms. The molecule has 0 N–H and O–H groups in total. The van der Waals surface area contributed by atoms with Crippen LogP contribution in [-0.4, -0.2) is 37.4 Å². The van der Waals surface area contributed by atoms with E-state index in [0.29, 0.717) is 12.4 Å². The number of nitrogens with zero attached hydrogens (tertiary/aromatic N) is 1. The first-order valence-corrected chi connectivity index (χ1v) is 6.06. The minimum Gasteiger partial charge on any atom is -0.488 e. The summed E-state index contributed by atoms with van der Waals surface area (Å²) in [5.74, 6) is -0.213. The van der Waals surface area contributed by atoms with Crippen LogP contribution in [0.3, 0.4) is 0 Å². The van der Waals surface area contributed by atoms with Gasteiger partial charge in [0.1, 0.15) is 12.2 Å². The number of esters is 1. The molecule has 0 saturated carbocycles. The second kappa shape index (κ2) is 6.02. The Morgan fingerprint density at radius 1 is 1.61 bits per heavy atom. The van der Waals surface area contributed by atoms with Crippen LogP contribution >= 0.6 is 11.6 Å². The first kappa shape index (κ1) is 13.1. The largest absolute Gasteiger partial charge is 0.488 e. The first-order valence-electron chi connectivity index (χ1n) is 5.68. The van der Waals surface area contributed by atoms with Crippen molar-refractivity contribution < 1.29 is 19.0 Å². The van der Waals surface area contributed by atoms with Crippen molar-refractivity contribution in [1.29, 1.82) is 0 Å². The molecule has 1 fully saturated rings. The lowest BCUT2D eigenvalue weighted by atomic mass is 10.2. The molecule has 1 unspecified atom stereocenters. The number of aromatic nitrogens is 1. The van der Waals surface area contributed by atoms with E-state index in [4.69, 9.17) is 21.1 Å². The minimum atomic E-state index is -0.537. The van der Waals surface area contributed by atoms with Gasteiger partial charge in [-0.15, -0.1) is 0 Å². The molecule has 1 saturated heterocycles. The van der Waals surface area contributed by atoms with Gasteiger partial charge in [0.25, 0.3) is 0 Å². The highest BCUT2D eigenvalue weighted by atomic mass is 35.5. The molecular formula is C12H14ClNO4. The minimum absolute atomic E-state index is 0.0643. The van der Waals surface area contributed by atoms with Crippen LogP contribution in [0.5, 0.6) is 5.75 Å². The van der Waals surface area contributed by atoms with Crippen molar-refractivity contribution in [3.8, 4) is 5.75 Å². The van der Waals surface area contributed by atoms with Gasteiger partial charge in [-0.05, 0) is 12.8 Å². The van der Waals surface area contributed by atoms with Gasteiger partial charge in [-0.1, -0.05) is 11.6 Å². The second-order valence-corrected chi connectivity index (χ2v) is 4.34. The number of hydrogen-bond donors (Lipinski definition) is 0. The molecule has 0 bridgehead atoms. The highest BCUT2D eigenvalue weighted by molar-refractivity contribution is 6.33. The van der Waals surface area contributed by atoms with Gasteiger partial charge in [0.15, 0.2) is 5.75 Å². The number of halogens is 1. The van der Waals surface area contributed by atoms with Crippen molar-refractivity contribution in [2.24, 2.45) is 0 Å². The van der Waals surface area contributed by atoms with Crippen molar-refractivity contribution in [3.05, 3.63) is 23.0 Å². The normalized spacial score (nSPS) is 18.7. The molecule has 0 aromatic carbocycles. The Bertz CT molecular complexity index is 432. The second-order valence-electron chi connectivity index (χ2n) is 3.93. The Balaban J connectivity index is 2.11. The lowest BCUT2D eigenvalue weighted by Gasteiger charge is -2.13. The first-order chi connectivity index (χ1) is 8.72. The standard InChI is InChI=1S/C12H14ClNO4/c1-16-12(15)11-9(13)5-14-6-10(11)18-7-8-3-2-4-17-8/h5-6,8H,2-4,7H2,1H3. The third-order valence-corrected chi connectivity index (χ3v) is 2.99. The average Bonchev–Trinajstić information content (AvgIpc) is 2.88. The van der Waals surface area contributed by atoms with Crippen molar-refractivity contribution >= 4 is 17.6 Å². The summed E-state index contributed by atoms with van der Waals surface area (Å²) in [4.78, 5) is 15.5. The Kier molecular flexibility index (Phi) is 4.38. The zero-order chi connectivity index (χ0) is 13.0. The van der Waals surface area contributed by atoms with E-state index in [1.54, 1.807) is 0 Å². The van der Waals surface area contributed by atoms with Gasteiger partial charge in [-0.2, -0.15) is 0 Å². The lowest BCUT2D eigenvalue weighted by molar-refractivity contribution is 0.0567. The molecule has 0 aliphatic carbocycles. The van der Waals surface area contributed by atoms with Crippen LogP contribution in [0.1, 0.15) is 23.2 Å². The third-order valence-electron chi connectivity index (χ3n) is 2.70. The average molecular weight is 272 g/mol. The molecule has 0 spiro atoms. The van der Waals surface area contributed by atoms with Gasteiger partial charge >= 0.3 is 5.97 Å². The fourth-order valence-electron chi connectivity index (χ4n) is 1.79. The monoisotopic (exact) mass is 271 g/mol. The summed E-state index contributed by atoms with van der Waals surface area (Å²) in [5, 5.41) is 0.215. The summed E-state index contributed by atoms with van der Waals surface area (Å²) in [6.07, 6.45) is 4.89. The molecule has 1 aromatic rings. The summed E-state index contributed by atoms with van der Waals surface area (Å²) in [6, 6.07) is 0. The summed E-state index contributed by atoms with van der Waals surface area (Å²) < 4.78 is 15.7. The Morgan fingerprint density at radius 2 is 2.44 bits per heavy atom. The Labute approximate surface area is 110 Å². The molecule has 1 atom stereocenters. The molecule has 1 aliphatic rings. The van der Waals surface area contributed by atoms with Crippen molar-refractivity contribution in [2.75, 3.05) is 20.3 Å². The maximum atomic E-state index is 11.6. The Morgan fingerprint density at radius 3 is 3.11 bits per heavy atom. The molecule has 98 valence electrons. The SMILES string of the molecule is COC(=O)c1c(Cl)cncc1OCC1CCCO1. The van der Waals surface area contributed by atoms with Gasteiger partial charge in [0.05, 0.1) is 24.4 Å². The molecule has 1 aromatic heterocycles. The van der Waals surface area contributed by atoms with Gasteiger partial charge in [-0.3, -0.25) is 4.98 Å². The van der Waals surface area contributed by atoms with Crippen molar-refractivity contribution in [1.82, 2.24) is 4.98 Å². The maximum Gasteiger partial charge on any atom is 0.343 e. The van der Waals surface area contributed by atoms with Gasteiger partial charge in [0, 0.05) is 12.8 Å². The molecule has 2 rings (SSSR count). The van der Waals surface area contributed by atoms with E-state index in [2.05, 4.69) is 9.72 Å². The van der Waals surface area contributed by atoms with Crippen LogP contribution in [0.25, 0.3) is 0 Å². The molecular weight excluding hydrogens is 258 g/mol. The van der Waals surface area contributed by atoms with E-state index in [1.165, 1.54) is 19.5 Å². The van der Waals surface area contributed by atoms with E-state index >= 15 is 0 Å². The van der Waals surface area contributed by atoms with Gasteiger partial charge < -0.3 is 14.2 Å². The zero-order valence-corrected chi connectivity index (χ0v) is 10.8. The van der Waals surface area contributed by atoms with E-state index in [9.17, 15) is 4.79 Å². The van der Waals surface area contributed by atoms with E-state index in [-0.39, 0.29) is 16.7 Å². The predicted molar refractivity (Wildman–Crippen MR) is 65.1 cm³/mol. The molecule has 0 radical (unpaired) electrons.